The van der Waals surface area contributed by atoms with Crippen LogP contribution in [-0.2, 0) is 18.4 Å². The molecule has 0 bridgehead atoms. The molecule has 298 valence electrons. The molecule has 1 rings (SSSR count). The number of nitrogens with one attached hydrogen (secondary N) is 1. The third kappa shape index (κ3) is 21.1. The molecule has 9 atom stereocenters. The van der Waals surface area contributed by atoms with Gasteiger partial charge in [0.15, 0.2) is 0 Å². The summed E-state index contributed by atoms with van der Waals surface area (Å²) in [5, 5.41) is 63.8. The number of phosphoric acid groups is 1. The first-order valence-electron chi connectivity index (χ1n) is 20.0. The van der Waals surface area contributed by atoms with Gasteiger partial charge in [0.2, 0.25) is 5.91 Å². The summed E-state index contributed by atoms with van der Waals surface area (Å²) >= 11 is 0. The van der Waals surface area contributed by atoms with Crippen LogP contribution in [0.1, 0.15) is 174 Å². The summed E-state index contributed by atoms with van der Waals surface area (Å²) < 4.78 is 22.8. The fraction of sp³-hybridized carbons (Fsp3) is 0.973. The molecule has 12 nitrogen and oxygen atoms in total. The van der Waals surface area contributed by atoms with Crippen molar-refractivity contribution in [2.75, 3.05) is 6.61 Å². The molecule has 1 fully saturated rings. The van der Waals surface area contributed by atoms with E-state index in [0.717, 1.165) is 38.5 Å². The molecule has 8 N–H and O–H groups in total. The van der Waals surface area contributed by atoms with Crippen molar-refractivity contribution in [3.8, 4) is 0 Å². The Morgan fingerprint density at radius 2 is 0.960 bits per heavy atom. The van der Waals surface area contributed by atoms with Crippen LogP contribution in [0.25, 0.3) is 0 Å². The highest BCUT2D eigenvalue weighted by molar-refractivity contribution is 7.47. The Morgan fingerprint density at radius 3 is 1.38 bits per heavy atom. The summed E-state index contributed by atoms with van der Waals surface area (Å²) in [6.07, 6.45) is 14.4. The number of aliphatic hydroxyl groups is 6. The number of rotatable bonds is 32. The smallest absolute Gasteiger partial charge is 0.391 e. The van der Waals surface area contributed by atoms with Gasteiger partial charge in [0.1, 0.15) is 36.6 Å². The lowest BCUT2D eigenvalue weighted by Gasteiger charge is -2.41. The molecule has 13 heteroatoms. The molecular formula is C37H74NO11P. The van der Waals surface area contributed by atoms with Crippen molar-refractivity contribution < 1.29 is 53.9 Å². The Balaban J connectivity index is 2.55. The highest BCUT2D eigenvalue weighted by Crippen LogP contribution is 2.47. The van der Waals surface area contributed by atoms with Gasteiger partial charge < -0.3 is 40.8 Å². The summed E-state index contributed by atoms with van der Waals surface area (Å²) in [4.78, 5) is 23.2. The summed E-state index contributed by atoms with van der Waals surface area (Å²) in [6.45, 7) is 3.84. The van der Waals surface area contributed by atoms with Crippen LogP contribution >= 0.6 is 7.82 Å². The van der Waals surface area contributed by atoms with E-state index in [1.54, 1.807) is 0 Å². The Labute approximate surface area is 302 Å². The molecule has 0 radical (unpaired) electrons. The van der Waals surface area contributed by atoms with E-state index >= 15 is 0 Å². The van der Waals surface area contributed by atoms with E-state index < -0.39 is 63.2 Å². The van der Waals surface area contributed by atoms with Gasteiger partial charge in [-0.05, 0) is 12.8 Å². The van der Waals surface area contributed by atoms with Gasteiger partial charge in [-0.3, -0.25) is 13.8 Å². The van der Waals surface area contributed by atoms with E-state index in [9.17, 15) is 44.9 Å². The number of amides is 1. The Morgan fingerprint density at radius 1 is 0.600 bits per heavy atom. The van der Waals surface area contributed by atoms with Crippen LogP contribution < -0.4 is 5.32 Å². The monoisotopic (exact) mass is 739 g/mol. The molecule has 0 aliphatic heterocycles. The molecule has 0 aromatic rings. The summed E-state index contributed by atoms with van der Waals surface area (Å²) in [6, 6.07) is -1.02. The molecule has 0 aromatic carbocycles. The van der Waals surface area contributed by atoms with E-state index in [2.05, 4.69) is 19.2 Å². The van der Waals surface area contributed by atoms with E-state index in [-0.39, 0.29) is 12.3 Å². The zero-order chi connectivity index (χ0) is 37.2. The minimum absolute atomic E-state index is 0.240. The highest BCUT2D eigenvalue weighted by Gasteiger charge is 2.51. The van der Waals surface area contributed by atoms with Crippen molar-refractivity contribution in [3.05, 3.63) is 0 Å². The lowest BCUT2D eigenvalue weighted by Crippen LogP contribution is -2.64. The summed E-state index contributed by atoms with van der Waals surface area (Å²) in [5.41, 5.74) is 0. The lowest BCUT2D eigenvalue weighted by atomic mass is 9.85. The van der Waals surface area contributed by atoms with Crippen LogP contribution in [0.3, 0.4) is 0 Å². The second-order valence-electron chi connectivity index (χ2n) is 14.5. The van der Waals surface area contributed by atoms with Crippen molar-refractivity contribution >= 4 is 13.7 Å². The zero-order valence-corrected chi connectivity index (χ0v) is 32.1. The van der Waals surface area contributed by atoms with Gasteiger partial charge in [-0.15, -0.1) is 0 Å². The Bertz CT molecular complexity index is 868. The lowest BCUT2D eigenvalue weighted by molar-refractivity contribution is -0.220. The Kier molecular flexibility index (Phi) is 27.3. The predicted octanol–water partition coefficient (Wildman–Crippen LogP) is 5.94. The maximum absolute atomic E-state index is 12.8. The molecule has 0 aromatic heterocycles. The molecule has 50 heavy (non-hydrogen) atoms. The van der Waals surface area contributed by atoms with Crippen LogP contribution in [0.15, 0.2) is 0 Å². The maximum atomic E-state index is 12.8. The van der Waals surface area contributed by atoms with Gasteiger partial charge in [-0.25, -0.2) is 4.57 Å². The fourth-order valence-electron chi connectivity index (χ4n) is 6.55. The molecule has 0 heterocycles. The van der Waals surface area contributed by atoms with Crippen molar-refractivity contribution in [1.82, 2.24) is 5.32 Å². The molecule has 1 saturated carbocycles. The van der Waals surface area contributed by atoms with Crippen LogP contribution in [0, 0.1) is 0 Å². The molecule has 0 spiro atoms. The van der Waals surface area contributed by atoms with E-state index in [0.29, 0.717) is 19.3 Å². The fourth-order valence-corrected chi connectivity index (χ4v) is 7.52. The molecule has 0 saturated heterocycles. The number of unbranched alkanes of at least 4 members (excludes halogenated alkanes) is 21. The minimum atomic E-state index is -5.04. The molecule has 1 aliphatic carbocycles. The molecular weight excluding hydrogens is 665 g/mol. The molecule has 1 aliphatic rings. The summed E-state index contributed by atoms with van der Waals surface area (Å²) in [7, 11) is -5.04. The average molecular weight is 740 g/mol. The van der Waals surface area contributed by atoms with Crippen LogP contribution in [-0.4, -0.2) is 96.8 Å². The van der Waals surface area contributed by atoms with Gasteiger partial charge in [0.05, 0.1) is 18.8 Å². The van der Waals surface area contributed by atoms with Crippen LogP contribution in [0.4, 0.5) is 0 Å². The second-order valence-corrected chi connectivity index (χ2v) is 15.9. The number of carbonyl (C=O) groups excluding carboxylic acids is 1. The van der Waals surface area contributed by atoms with Gasteiger partial charge >= 0.3 is 7.82 Å². The van der Waals surface area contributed by atoms with Crippen molar-refractivity contribution in [2.24, 2.45) is 0 Å². The van der Waals surface area contributed by atoms with E-state index in [1.165, 1.54) is 96.3 Å². The number of phosphoric ester groups is 1. The van der Waals surface area contributed by atoms with Crippen molar-refractivity contribution in [1.29, 1.82) is 0 Å². The third-order valence-corrected chi connectivity index (χ3v) is 10.9. The van der Waals surface area contributed by atoms with Crippen LogP contribution in [0.2, 0.25) is 0 Å². The summed E-state index contributed by atoms with van der Waals surface area (Å²) in [5.74, 6) is -0.311. The van der Waals surface area contributed by atoms with Crippen LogP contribution in [0.5, 0.6) is 0 Å². The molecule has 6 unspecified atom stereocenters. The van der Waals surface area contributed by atoms with Crippen molar-refractivity contribution in [2.45, 2.75) is 223 Å². The van der Waals surface area contributed by atoms with Gasteiger partial charge in [0, 0.05) is 6.42 Å². The maximum Gasteiger partial charge on any atom is 0.472 e. The quantitative estimate of drug-likeness (QED) is 0.0299. The second kappa shape index (κ2) is 28.8. The van der Waals surface area contributed by atoms with Gasteiger partial charge in [-0.1, -0.05) is 155 Å². The number of hydrogen-bond acceptors (Lipinski definition) is 10. The van der Waals surface area contributed by atoms with Crippen molar-refractivity contribution in [3.63, 3.8) is 0 Å². The highest BCUT2D eigenvalue weighted by atomic mass is 31.2. The third-order valence-electron chi connectivity index (χ3n) is 9.92. The molecule has 1 amide bonds. The first-order chi connectivity index (χ1) is 23.9. The van der Waals surface area contributed by atoms with Gasteiger partial charge in [0.25, 0.3) is 0 Å². The zero-order valence-electron chi connectivity index (χ0n) is 31.2. The number of aliphatic hydroxyl groups excluding tert-OH is 6. The number of carbonyl (C=O) groups is 1. The Hall–Kier alpha value is -0.660. The number of hydrogen-bond donors (Lipinski definition) is 8. The van der Waals surface area contributed by atoms with Gasteiger partial charge in [-0.2, -0.15) is 0 Å². The standard InChI is InChI=1S/C37H74NO11P/c1-3-5-7-9-11-13-15-16-17-18-20-22-24-26-30(39)29(38-31(40)27-25-23-21-19-14-12-10-8-6-4-2)28-48-50(46,47)49-37-35(44)33(42)32(41)34(43)36(37)45/h29-30,32-37,39,41-45H,3-28H2,1-2H3,(H,38,40)(H,46,47)/t29-,30+,32?,33+,34?,35?,36?,37?/m0/s1. The largest absolute Gasteiger partial charge is 0.472 e. The first kappa shape index (κ1) is 47.4. The SMILES string of the molecule is CCCCCCCCCCCCCCC[C@@H](O)[C@H](COP(=O)(O)OC1C(O)C(O)C(O)[C@@H](O)C1O)NC(=O)CCCCCCCCCCCC. The van der Waals surface area contributed by atoms with E-state index in [4.69, 9.17) is 9.05 Å². The predicted molar refractivity (Wildman–Crippen MR) is 195 cm³/mol. The minimum Gasteiger partial charge on any atom is -0.391 e. The average Bonchev–Trinajstić information content (AvgIpc) is 3.09. The van der Waals surface area contributed by atoms with E-state index in [1.807, 2.05) is 0 Å². The topological polar surface area (TPSA) is 206 Å². The normalized spacial score (nSPS) is 24.9. The first-order valence-corrected chi connectivity index (χ1v) is 21.5.